The van der Waals surface area contributed by atoms with Gasteiger partial charge in [-0.1, -0.05) is 39.0 Å². The third-order valence-electron chi connectivity index (χ3n) is 4.04. The smallest absolute Gasteiger partial charge is 0.425 e. The van der Waals surface area contributed by atoms with E-state index in [1.54, 1.807) is 80.5 Å². The van der Waals surface area contributed by atoms with E-state index in [9.17, 15) is 19.2 Å². The van der Waals surface area contributed by atoms with Gasteiger partial charge in [-0.05, 0) is 74.9 Å². The fraction of sp³-hybridized carbons (Fsp3) is 0.571. The normalized spacial score (nSPS) is 11.3. The van der Waals surface area contributed by atoms with Crippen molar-refractivity contribution >= 4 is 40.9 Å². The SMILES string of the molecule is CC.CC(C)(C)OC(=O)N(C(=O)OC(C)(C)C)c1c(C(N)=O)c2ccccc2n1C(=O)OC(C)(C)C.CCN. The van der Waals surface area contributed by atoms with Crippen LogP contribution in [0.2, 0.25) is 0 Å². The lowest BCUT2D eigenvalue weighted by molar-refractivity contribution is 0.0426. The summed E-state index contributed by atoms with van der Waals surface area (Å²) in [6, 6.07) is 6.34. The second-order valence-electron chi connectivity index (χ2n) is 11.1. The summed E-state index contributed by atoms with van der Waals surface area (Å²) in [5.74, 6) is -1.39. The summed E-state index contributed by atoms with van der Waals surface area (Å²) in [5, 5.41) is 0.243. The zero-order chi connectivity index (χ0) is 30.9. The summed E-state index contributed by atoms with van der Waals surface area (Å²) in [4.78, 5) is 53.0. The summed E-state index contributed by atoms with van der Waals surface area (Å²) in [6.45, 7) is 21.3. The summed E-state index contributed by atoms with van der Waals surface area (Å²) < 4.78 is 17.3. The zero-order valence-corrected chi connectivity index (χ0v) is 25.4. The molecule has 0 fully saturated rings. The standard InChI is InChI=1S/C24H33N3O7.C2H7N.C2H6/c1-22(2,3)32-19(29)26-15-13-11-10-12-14(15)16(17(25)28)18(26)27(20(30)33-23(4,5)6)21(31)34-24(7,8)9;1-2-3;1-2/h10-13H,1-9H3,(H2,25,28);2-3H2,1H3;1-2H3. The Hall–Kier alpha value is -3.60. The molecule has 11 heteroatoms. The van der Waals surface area contributed by atoms with Crippen molar-refractivity contribution in [2.45, 2.75) is 99.9 Å². The second kappa shape index (κ2) is 14.0. The fourth-order valence-corrected chi connectivity index (χ4v) is 3.04. The van der Waals surface area contributed by atoms with Crippen molar-refractivity contribution in [3.05, 3.63) is 29.8 Å². The van der Waals surface area contributed by atoms with Crippen LogP contribution in [0.25, 0.3) is 10.9 Å². The van der Waals surface area contributed by atoms with Crippen molar-refractivity contribution in [2.75, 3.05) is 11.4 Å². The highest BCUT2D eigenvalue weighted by molar-refractivity contribution is 6.21. The van der Waals surface area contributed by atoms with E-state index in [-0.39, 0.29) is 16.5 Å². The molecule has 1 aromatic carbocycles. The Balaban J connectivity index is 0.00000269. The van der Waals surface area contributed by atoms with Gasteiger partial charge < -0.3 is 25.7 Å². The Bertz CT molecular complexity index is 1120. The van der Waals surface area contributed by atoms with Gasteiger partial charge in [0.05, 0.1) is 11.1 Å². The number of fused-ring (bicyclic) bond motifs is 1. The Labute approximate surface area is 231 Å². The molecular formula is C28H46N4O7. The maximum absolute atomic E-state index is 13.3. The third-order valence-corrected chi connectivity index (χ3v) is 4.04. The van der Waals surface area contributed by atoms with E-state index in [2.05, 4.69) is 0 Å². The highest BCUT2D eigenvalue weighted by Crippen LogP contribution is 2.35. The summed E-state index contributed by atoms with van der Waals surface area (Å²) in [6.07, 6.45) is -3.24. The minimum Gasteiger partial charge on any atom is -0.443 e. The second-order valence-corrected chi connectivity index (χ2v) is 11.1. The molecule has 1 heterocycles. The number of carbonyl (C=O) groups excluding carboxylic acids is 4. The van der Waals surface area contributed by atoms with Crippen LogP contribution in [0.1, 0.15) is 93.4 Å². The monoisotopic (exact) mass is 550 g/mol. The van der Waals surface area contributed by atoms with Crippen molar-refractivity contribution in [3.63, 3.8) is 0 Å². The maximum Gasteiger partial charge on any atom is 0.425 e. The zero-order valence-electron chi connectivity index (χ0n) is 25.4. The third kappa shape index (κ3) is 10.6. The van der Waals surface area contributed by atoms with Crippen LogP contribution >= 0.6 is 0 Å². The van der Waals surface area contributed by atoms with Gasteiger partial charge in [0, 0.05) is 5.39 Å². The highest BCUT2D eigenvalue weighted by atomic mass is 16.6. The van der Waals surface area contributed by atoms with Gasteiger partial charge in [0.25, 0.3) is 5.91 Å². The number of primary amides is 1. The average Bonchev–Trinajstić information content (AvgIpc) is 3.07. The number of ether oxygens (including phenoxy) is 3. The molecule has 0 saturated heterocycles. The molecular weight excluding hydrogens is 504 g/mol. The van der Waals surface area contributed by atoms with Gasteiger partial charge >= 0.3 is 18.3 Å². The van der Waals surface area contributed by atoms with Crippen LogP contribution in [-0.2, 0) is 14.2 Å². The molecule has 2 aromatic rings. The molecule has 0 aliphatic heterocycles. The summed E-state index contributed by atoms with van der Waals surface area (Å²) in [5.41, 5.74) is 7.56. The van der Waals surface area contributed by atoms with Crippen molar-refractivity contribution in [1.82, 2.24) is 4.57 Å². The Kier molecular flexibility index (Phi) is 12.7. The number of hydrogen-bond acceptors (Lipinski definition) is 8. The Morgan fingerprint density at radius 3 is 1.54 bits per heavy atom. The van der Waals surface area contributed by atoms with Gasteiger partial charge in [0.15, 0.2) is 5.82 Å². The maximum atomic E-state index is 13.3. The minimum absolute atomic E-state index is 0.206. The number of anilines is 1. The van der Waals surface area contributed by atoms with E-state index >= 15 is 0 Å². The molecule has 0 aliphatic carbocycles. The molecule has 0 unspecified atom stereocenters. The number of nitrogens with two attached hydrogens (primary N) is 2. The number of nitrogens with zero attached hydrogens (tertiary/aromatic N) is 2. The molecule has 4 N–H and O–H groups in total. The minimum atomic E-state index is -1.16. The number of imide groups is 1. The molecule has 11 nitrogen and oxygen atoms in total. The van der Waals surface area contributed by atoms with Crippen LogP contribution in [0.5, 0.6) is 0 Å². The lowest BCUT2D eigenvalue weighted by Crippen LogP contribution is -2.46. The lowest BCUT2D eigenvalue weighted by Gasteiger charge is -2.29. The quantitative estimate of drug-likeness (QED) is 0.419. The molecule has 0 radical (unpaired) electrons. The molecule has 3 amide bonds. The first-order valence-corrected chi connectivity index (χ1v) is 12.9. The van der Waals surface area contributed by atoms with E-state index < -0.39 is 46.8 Å². The molecule has 220 valence electrons. The van der Waals surface area contributed by atoms with Crippen molar-refractivity contribution < 1.29 is 33.4 Å². The highest BCUT2D eigenvalue weighted by Gasteiger charge is 2.40. The molecule has 0 atom stereocenters. The van der Waals surface area contributed by atoms with E-state index in [4.69, 9.17) is 25.7 Å². The summed E-state index contributed by atoms with van der Waals surface area (Å²) in [7, 11) is 0. The lowest BCUT2D eigenvalue weighted by atomic mass is 10.1. The van der Waals surface area contributed by atoms with Gasteiger partial charge in [-0.2, -0.15) is 4.90 Å². The summed E-state index contributed by atoms with van der Waals surface area (Å²) >= 11 is 0. The Morgan fingerprint density at radius 1 is 0.795 bits per heavy atom. The van der Waals surface area contributed by atoms with Crippen LogP contribution in [0, 0.1) is 0 Å². The van der Waals surface area contributed by atoms with Crippen LogP contribution in [0.4, 0.5) is 20.2 Å². The number of para-hydroxylation sites is 1. The van der Waals surface area contributed by atoms with E-state index in [1.807, 2.05) is 20.8 Å². The fourth-order valence-electron chi connectivity index (χ4n) is 3.04. The van der Waals surface area contributed by atoms with E-state index in [0.29, 0.717) is 4.90 Å². The van der Waals surface area contributed by atoms with Gasteiger partial charge in [-0.15, -0.1) is 0 Å². The molecule has 2 rings (SSSR count). The number of rotatable bonds is 2. The van der Waals surface area contributed by atoms with Gasteiger partial charge in [0.1, 0.15) is 16.8 Å². The van der Waals surface area contributed by atoms with E-state index in [0.717, 1.165) is 11.1 Å². The number of hydrogen-bond donors (Lipinski definition) is 2. The predicted molar refractivity (Wildman–Crippen MR) is 153 cm³/mol. The average molecular weight is 551 g/mol. The topological polar surface area (TPSA) is 156 Å². The molecule has 1 aromatic heterocycles. The number of amides is 3. The number of aromatic nitrogens is 1. The molecule has 0 aliphatic rings. The van der Waals surface area contributed by atoms with Gasteiger partial charge in [-0.25, -0.2) is 19.0 Å². The largest absolute Gasteiger partial charge is 0.443 e. The number of benzene rings is 1. The van der Waals surface area contributed by atoms with Crippen LogP contribution in [0.3, 0.4) is 0 Å². The number of carbonyl (C=O) groups is 4. The molecule has 0 spiro atoms. The van der Waals surface area contributed by atoms with Gasteiger partial charge in [0.2, 0.25) is 0 Å². The molecule has 0 bridgehead atoms. The van der Waals surface area contributed by atoms with Gasteiger partial charge in [-0.3, -0.25) is 4.79 Å². The Morgan fingerprint density at radius 2 is 1.18 bits per heavy atom. The van der Waals surface area contributed by atoms with Crippen LogP contribution in [0.15, 0.2) is 24.3 Å². The van der Waals surface area contributed by atoms with Crippen LogP contribution in [-0.4, -0.2) is 52.1 Å². The van der Waals surface area contributed by atoms with Crippen molar-refractivity contribution in [2.24, 2.45) is 11.5 Å². The predicted octanol–water partition coefficient (Wildman–Crippen LogP) is 6.19. The van der Waals surface area contributed by atoms with Crippen LogP contribution < -0.4 is 16.4 Å². The van der Waals surface area contributed by atoms with Crippen molar-refractivity contribution in [3.8, 4) is 0 Å². The first kappa shape index (κ1) is 35.4. The van der Waals surface area contributed by atoms with Crippen molar-refractivity contribution in [1.29, 1.82) is 0 Å². The molecule has 39 heavy (non-hydrogen) atoms. The molecule has 0 saturated carbocycles. The first-order chi connectivity index (χ1) is 17.7. The first-order valence-electron chi connectivity index (χ1n) is 12.9. The van der Waals surface area contributed by atoms with E-state index in [1.165, 1.54) is 6.07 Å².